The molecule has 0 aliphatic heterocycles. The van der Waals surface area contributed by atoms with Gasteiger partial charge in [-0.05, 0) is 50.4 Å². The number of carbonyl (C=O) groups is 3. The van der Waals surface area contributed by atoms with Crippen LogP contribution in [0, 0.1) is 29.6 Å². The number of unbranched alkanes of at least 4 members (excludes halogenated alkanes) is 1. The molecule has 198 valence electrons. The molecular weight excluding hydrogens is 412 g/mol. The number of nitrogens with two attached hydrogens (primary N) is 1. The molecule has 5 nitrogen and oxygen atoms in total. The Balaban J connectivity index is -0.000000404. The molecule has 5 heteroatoms. The number of nitrogens with one attached hydrogen (secondary N) is 1. The van der Waals surface area contributed by atoms with Gasteiger partial charge in [0.25, 0.3) is 0 Å². The number of hydrogen-bond acceptors (Lipinski definition) is 3. The van der Waals surface area contributed by atoms with Crippen LogP contribution in [-0.2, 0) is 14.4 Å². The third-order valence-corrected chi connectivity index (χ3v) is 5.21. The minimum Gasteiger partial charge on any atom is -0.369 e. The second-order valence-electron chi connectivity index (χ2n) is 10.8. The molecule has 0 aromatic heterocycles. The average Bonchev–Trinajstić information content (AvgIpc) is 2.65. The van der Waals surface area contributed by atoms with Crippen LogP contribution in [0.4, 0.5) is 0 Å². The number of carbonyl (C=O) groups excluding carboxylic acids is 3. The van der Waals surface area contributed by atoms with E-state index in [0.29, 0.717) is 5.92 Å². The fraction of sp³-hybridized carbons (Fsp3) is 0.893. The summed E-state index contributed by atoms with van der Waals surface area (Å²) < 4.78 is 0. The van der Waals surface area contributed by atoms with E-state index in [4.69, 9.17) is 5.73 Å². The summed E-state index contributed by atoms with van der Waals surface area (Å²) >= 11 is 0. The SMILES string of the molecule is CC(=O)CNC(=O)C1CCC1.CC(C)C.CCC(C)C.CCCCC(CCC(C)C)C(N)=O. The Morgan fingerprint density at radius 2 is 1.36 bits per heavy atom. The molecule has 1 rings (SSSR count). The van der Waals surface area contributed by atoms with E-state index in [1.807, 2.05) is 0 Å². The first-order valence-electron chi connectivity index (χ1n) is 13.3. The Morgan fingerprint density at radius 3 is 1.64 bits per heavy atom. The van der Waals surface area contributed by atoms with Gasteiger partial charge in [0.05, 0.1) is 6.54 Å². The lowest BCUT2D eigenvalue weighted by Gasteiger charge is -2.23. The van der Waals surface area contributed by atoms with E-state index in [1.54, 1.807) is 0 Å². The van der Waals surface area contributed by atoms with Gasteiger partial charge in [0.1, 0.15) is 5.78 Å². The van der Waals surface area contributed by atoms with Crippen molar-refractivity contribution in [3.8, 4) is 0 Å². The molecule has 1 saturated carbocycles. The number of Topliss-reactive ketones (excluding diaryl/α,β-unsaturated/α-hetero) is 1. The maximum absolute atomic E-state index is 11.1. The first kappa shape index (κ1) is 36.2. The highest BCUT2D eigenvalue weighted by atomic mass is 16.2. The van der Waals surface area contributed by atoms with Gasteiger partial charge in [-0.15, -0.1) is 0 Å². The van der Waals surface area contributed by atoms with E-state index in [-0.39, 0.29) is 36.0 Å². The van der Waals surface area contributed by atoms with Crippen LogP contribution < -0.4 is 11.1 Å². The lowest BCUT2D eigenvalue weighted by Crippen LogP contribution is -2.36. The van der Waals surface area contributed by atoms with Gasteiger partial charge in [-0.2, -0.15) is 0 Å². The van der Waals surface area contributed by atoms with Crippen molar-refractivity contribution < 1.29 is 14.4 Å². The molecule has 0 saturated heterocycles. The van der Waals surface area contributed by atoms with Gasteiger partial charge < -0.3 is 11.1 Å². The normalized spacial score (nSPS) is 13.5. The molecule has 1 fully saturated rings. The molecule has 0 spiro atoms. The first-order chi connectivity index (χ1) is 15.3. The minimum atomic E-state index is -0.117. The van der Waals surface area contributed by atoms with E-state index < -0.39 is 0 Å². The van der Waals surface area contributed by atoms with Crippen LogP contribution in [0.3, 0.4) is 0 Å². The molecule has 0 aromatic rings. The lowest BCUT2D eigenvalue weighted by molar-refractivity contribution is -0.129. The Bertz CT molecular complexity index is 481. The Morgan fingerprint density at radius 1 is 0.879 bits per heavy atom. The zero-order valence-electron chi connectivity index (χ0n) is 23.8. The second-order valence-corrected chi connectivity index (χ2v) is 10.8. The summed E-state index contributed by atoms with van der Waals surface area (Å²) in [4.78, 5) is 32.6. The minimum absolute atomic E-state index is 0.0117. The van der Waals surface area contributed by atoms with Gasteiger partial charge >= 0.3 is 0 Å². The van der Waals surface area contributed by atoms with Gasteiger partial charge in [-0.1, -0.05) is 94.4 Å². The number of primary amides is 1. The molecule has 0 aromatic carbocycles. The number of ketones is 1. The molecule has 0 bridgehead atoms. The largest absolute Gasteiger partial charge is 0.369 e. The molecular formula is C28H58N2O3. The highest BCUT2D eigenvalue weighted by Crippen LogP contribution is 2.25. The van der Waals surface area contributed by atoms with Gasteiger partial charge in [0, 0.05) is 11.8 Å². The summed E-state index contributed by atoms with van der Waals surface area (Å²) in [6, 6.07) is 0. The van der Waals surface area contributed by atoms with Crippen LogP contribution in [0.2, 0.25) is 0 Å². The molecule has 1 atom stereocenters. The molecule has 1 aliphatic carbocycles. The molecule has 0 heterocycles. The summed E-state index contributed by atoms with van der Waals surface area (Å²) in [6.07, 6.45) is 9.74. The predicted octanol–water partition coefficient (Wildman–Crippen LogP) is 6.92. The average molecular weight is 471 g/mol. The number of amides is 2. The Hall–Kier alpha value is -1.39. The zero-order valence-corrected chi connectivity index (χ0v) is 23.8. The van der Waals surface area contributed by atoms with Crippen molar-refractivity contribution in [3.05, 3.63) is 0 Å². The van der Waals surface area contributed by atoms with Gasteiger partial charge in [0.2, 0.25) is 11.8 Å². The number of hydrogen-bond donors (Lipinski definition) is 2. The quantitative estimate of drug-likeness (QED) is 0.343. The summed E-state index contributed by atoms with van der Waals surface area (Å²) in [5.74, 6) is 2.63. The Kier molecular flexibility index (Phi) is 26.0. The van der Waals surface area contributed by atoms with Crippen molar-refractivity contribution in [2.24, 2.45) is 35.3 Å². The lowest BCUT2D eigenvalue weighted by atomic mass is 9.85. The summed E-state index contributed by atoms with van der Waals surface area (Å²) in [6.45, 7) is 21.3. The van der Waals surface area contributed by atoms with Crippen molar-refractivity contribution in [1.29, 1.82) is 0 Å². The van der Waals surface area contributed by atoms with Crippen LogP contribution in [-0.4, -0.2) is 24.1 Å². The second kappa shape index (κ2) is 23.8. The maximum Gasteiger partial charge on any atom is 0.223 e. The fourth-order valence-corrected chi connectivity index (χ4v) is 2.44. The van der Waals surface area contributed by atoms with Crippen LogP contribution in [0.15, 0.2) is 0 Å². The van der Waals surface area contributed by atoms with E-state index in [9.17, 15) is 14.4 Å². The maximum atomic E-state index is 11.1. The van der Waals surface area contributed by atoms with Gasteiger partial charge in [-0.25, -0.2) is 0 Å². The zero-order chi connectivity index (χ0) is 26.4. The van der Waals surface area contributed by atoms with Crippen molar-refractivity contribution >= 4 is 17.6 Å². The van der Waals surface area contributed by atoms with Crippen molar-refractivity contribution in [1.82, 2.24) is 5.32 Å². The fourth-order valence-electron chi connectivity index (χ4n) is 2.44. The Labute approximate surface area is 206 Å². The van der Waals surface area contributed by atoms with Crippen LogP contribution in [0.5, 0.6) is 0 Å². The van der Waals surface area contributed by atoms with E-state index in [2.05, 4.69) is 67.6 Å². The third kappa shape index (κ3) is 30.6. The van der Waals surface area contributed by atoms with Crippen molar-refractivity contribution in [2.75, 3.05) is 6.54 Å². The van der Waals surface area contributed by atoms with E-state index >= 15 is 0 Å². The first-order valence-corrected chi connectivity index (χ1v) is 13.3. The van der Waals surface area contributed by atoms with Crippen LogP contribution in [0.25, 0.3) is 0 Å². The molecule has 1 unspecified atom stereocenters. The third-order valence-electron chi connectivity index (χ3n) is 5.21. The summed E-state index contributed by atoms with van der Waals surface area (Å²) in [5.41, 5.74) is 5.32. The van der Waals surface area contributed by atoms with Crippen molar-refractivity contribution in [2.45, 2.75) is 127 Å². The standard InChI is InChI=1S/C11H23NO.C8H13NO2.C5H12.C4H10/c1-4-5-6-10(11(12)13)8-7-9(2)3;1-6(10)5-9-8(11)7-3-2-4-7;1-4-5(2)3;1-4(2)3/h9-10H,4-8H2,1-3H3,(H2,12,13);7H,2-5H2,1H3,(H,9,11);5H,4H2,1-3H3;4H,1-3H3. The molecule has 33 heavy (non-hydrogen) atoms. The number of rotatable bonds is 11. The summed E-state index contributed by atoms with van der Waals surface area (Å²) in [5, 5.41) is 2.60. The van der Waals surface area contributed by atoms with Crippen LogP contribution in [0.1, 0.15) is 127 Å². The molecule has 2 amide bonds. The summed E-state index contributed by atoms with van der Waals surface area (Å²) in [7, 11) is 0. The monoisotopic (exact) mass is 470 g/mol. The molecule has 0 radical (unpaired) electrons. The smallest absolute Gasteiger partial charge is 0.223 e. The van der Waals surface area contributed by atoms with Gasteiger partial charge in [-0.3, -0.25) is 14.4 Å². The van der Waals surface area contributed by atoms with E-state index in [0.717, 1.165) is 63.2 Å². The van der Waals surface area contributed by atoms with Gasteiger partial charge in [0.15, 0.2) is 0 Å². The van der Waals surface area contributed by atoms with Crippen LogP contribution >= 0.6 is 0 Å². The highest BCUT2D eigenvalue weighted by molar-refractivity contribution is 5.85. The predicted molar refractivity (Wildman–Crippen MR) is 143 cm³/mol. The van der Waals surface area contributed by atoms with Crippen molar-refractivity contribution in [3.63, 3.8) is 0 Å². The topological polar surface area (TPSA) is 89.3 Å². The van der Waals surface area contributed by atoms with E-state index in [1.165, 1.54) is 13.3 Å². The molecule has 1 aliphatic rings. The highest BCUT2D eigenvalue weighted by Gasteiger charge is 2.24. The molecule has 3 N–H and O–H groups in total.